The maximum absolute atomic E-state index is 12.4. The van der Waals surface area contributed by atoms with Gasteiger partial charge in [0.1, 0.15) is 11.3 Å². The van der Waals surface area contributed by atoms with Crippen LogP contribution in [-0.2, 0) is 4.79 Å². The van der Waals surface area contributed by atoms with Crippen molar-refractivity contribution in [1.29, 1.82) is 0 Å². The predicted octanol–water partition coefficient (Wildman–Crippen LogP) is 7.14. The van der Waals surface area contributed by atoms with E-state index in [9.17, 15) is 4.79 Å². The molecule has 0 saturated carbocycles. The van der Waals surface area contributed by atoms with Gasteiger partial charge in [-0.15, -0.1) is 0 Å². The lowest BCUT2D eigenvalue weighted by molar-refractivity contribution is -0.116. The minimum absolute atomic E-state index is 0.0854. The Hall–Kier alpha value is -2.53. The third-order valence-electron chi connectivity index (χ3n) is 5.26. The number of ether oxygens (including phenoxy) is 1. The van der Waals surface area contributed by atoms with Gasteiger partial charge in [0.15, 0.2) is 0 Å². The van der Waals surface area contributed by atoms with Gasteiger partial charge in [0.05, 0.1) is 12.9 Å². The Morgan fingerprint density at radius 3 is 2.74 bits per heavy atom. The Morgan fingerprint density at radius 1 is 1.29 bits per heavy atom. The predicted molar refractivity (Wildman–Crippen MR) is 131 cm³/mol. The molecule has 0 radical (unpaired) electrons. The highest BCUT2D eigenvalue weighted by molar-refractivity contribution is 9.10. The van der Waals surface area contributed by atoms with Crippen molar-refractivity contribution in [3.8, 4) is 16.9 Å². The second-order valence-electron chi connectivity index (χ2n) is 8.15. The van der Waals surface area contributed by atoms with Crippen molar-refractivity contribution in [2.75, 3.05) is 13.2 Å². The van der Waals surface area contributed by atoms with E-state index in [1.807, 2.05) is 32.9 Å². The van der Waals surface area contributed by atoms with Crippen molar-refractivity contribution >= 4 is 38.4 Å². The number of hydrogen-bond donors (Lipinski definition) is 1. The topological polar surface area (TPSA) is 51.5 Å². The molecule has 2 aromatic carbocycles. The molecule has 1 aromatic heterocycles. The largest absolute Gasteiger partial charge is 0.493 e. The van der Waals surface area contributed by atoms with E-state index in [4.69, 9.17) is 9.15 Å². The van der Waals surface area contributed by atoms with Crippen LogP contribution in [0.15, 0.2) is 51.6 Å². The molecule has 0 spiro atoms. The van der Waals surface area contributed by atoms with Gasteiger partial charge in [0, 0.05) is 39.2 Å². The molecule has 0 unspecified atom stereocenters. The van der Waals surface area contributed by atoms with Crippen molar-refractivity contribution in [3.05, 3.63) is 58.3 Å². The van der Waals surface area contributed by atoms with E-state index >= 15 is 0 Å². The fraction of sp³-hybridized carbons (Fsp3) is 0.346. The lowest BCUT2D eigenvalue weighted by Crippen LogP contribution is -2.23. The summed E-state index contributed by atoms with van der Waals surface area (Å²) in [5.74, 6) is 1.23. The summed E-state index contributed by atoms with van der Waals surface area (Å²) in [5.41, 5.74) is 5.58. The van der Waals surface area contributed by atoms with Gasteiger partial charge in [-0.1, -0.05) is 41.9 Å². The van der Waals surface area contributed by atoms with E-state index in [1.54, 1.807) is 12.3 Å². The molecular formula is C26H30BrNO3. The molecule has 4 nitrogen and oxygen atoms in total. The minimum Gasteiger partial charge on any atom is -0.493 e. The zero-order valence-corrected chi connectivity index (χ0v) is 20.4. The number of halogens is 1. The standard InChI is InChI=1S/C26H30BrNO3/c1-6-30-25-18(5)26-22(23(15-31-26)19-8-7-9-20(27)13-19)14-21(25)17(4)12-24(29)28-11-10-16(2)3/h7-9,12-16H,6,10-11H2,1-5H3,(H,28,29)/b17-12+. The SMILES string of the molecule is CCOc1c(/C(C)=C/C(=O)NCCC(C)C)cc2c(-c3cccc(Br)c3)coc2c1C. The van der Waals surface area contributed by atoms with Crippen LogP contribution in [0, 0.1) is 12.8 Å². The fourth-order valence-corrected chi connectivity index (χ4v) is 4.03. The Labute approximate surface area is 192 Å². The fourth-order valence-electron chi connectivity index (χ4n) is 3.63. The Bertz CT molecular complexity index is 1110. The summed E-state index contributed by atoms with van der Waals surface area (Å²) in [5, 5.41) is 3.98. The highest BCUT2D eigenvalue weighted by Crippen LogP contribution is 2.41. The zero-order chi connectivity index (χ0) is 22.5. The summed E-state index contributed by atoms with van der Waals surface area (Å²) in [4.78, 5) is 12.4. The van der Waals surface area contributed by atoms with E-state index in [0.717, 1.165) is 55.4 Å². The summed E-state index contributed by atoms with van der Waals surface area (Å²) in [6, 6.07) is 10.2. The maximum Gasteiger partial charge on any atom is 0.244 e. The van der Waals surface area contributed by atoms with Gasteiger partial charge in [-0.05, 0) is 62.4 Å². The molecule has 0 saturated heterocycles. The number of fused-ring (bicyclic) bond motifs is 1. The molecule has 1 heterocycles. The number of carbonyl (C=O) groups excluding carboxylic acids is 1. The highest BCUT2D eigenvalue weighted by atomic mass is 79.9. The summed E-state index contributed by atoms with van der Waals surface area (Å²) in [6.07, 6.45) is 4.40. The van der Waals surface area contributed by atoms with E-state index < -0.39 is 0 Å². The third-order valence-corrected chi connectivity index (χ3v) is 5.75. The first-order chi connectivity index (χ1) is 14.8. The first kappa shape index (κ1) is 23.1. The number of nitrogens with one attached hydrogen (secondary N) is 1. The number of benzene rings is 2. The molecule has 3 aromatic rings. The molecule has 0 aliphatic heterocycles. The van der Waals surface area contributed by atoms with Gasteiger partial charge in [0.2, 0.25) is 5.91 Å². The molecule has 0 fully saturated rings. The van der Waals surface area contributed by atoms with Crippen LogP contribution in [0.5, 0.6) is 5.75 Å². The first-order valence-electron chi connectivity index (χ1n) is 10.7. The van der Waals surface area contributed by atoms with Crippen LogP contribution in [0.1, 0.15) is 45.2 Å². The van der Waals surface area contributed by atoms with E-state index in [2.05, 4.69) is 53.3 Å². The molecule has 3 rings (SSSR count). The quantitative estimate of drug-likeness (QED) is 0.346. The third kappa shape index (κ3) is 5.40. The van der Waals surface area contributed by atoms with Crippen LogP contribution >= 0.6 is 15.9 Å². The van der Waals surface area contributed by atoms with Gasteiger partial charge >= 0.3 is 0 Å². The summed E-state index contributed by atoms with van der Waals surface area (Å²) < 4.78 is 13.0. The molecule has 31 heavy (non-hydrogen) atoms. The van der Waals surface area contributed by atoms with Crippen LogP contribution < -0.4 is 10.1 Å². The van der Waals surface area contributed by atoms with Crippen molar-refractivity contribution < 1.29 is 13.9 Å². The normalized spacial score (nSPS) is 11.9. The molecule has 0 atom stereocenters. The Balaban J connectivity index is 2.06. The number of carbonyl (C=O) groups is 1. The number of allylic oxidation sites excluding steroid dienone is 1. The van der Waals surface area contributed by atoms with Crippen LogP contribution in [0.4, 0.5) is 0 Å². The van der Waals surface area contributed by atoms with E-state index in [1.165, 1.54) is 0 Å². The van der Waals surface area contributed by atoms with Crippen molar-refractivity contribution in [3.63, 3.8) is 0 Å². The summed E-state index contributed by atoms with van der Waals surface area (Å²) >= 11 is 3.55. The van der Waals surface area contributed by atoms with Crippen molar-refractivity contribution in [2.45, 2.75) is 41.0 Å². The number of rotatable bonds is 8. The molecule has 164 valence electrons. The van der Waals surface area contributed by atoms with Gasteiger partial charge in [-0.2, -0.15) is 0 Å². The van der Waals surface area contributed by atoms with Crippen LogP contribution in [0.3, 0.4) is 0 Å². The summed E-state index contributed by atoms with van der Waals surface area (Å²) in [6.45, 7) is 11.4. The van der Waals surface area contributed by atoms with Crippen LogP contribution in [0.2, 0.25) is 0 Å². The average molecular weight is 484 g/mol. The monoisotopic (exact) mass is 483 g/mol. The van der Waals surface area contributed by atoms with Gasteiger partial charge in [0.25, 0.3) is 0 Å². The average Bonchev–Trinajstić information content (AvgIpc) is 3.14. The molecule has 0 aliphatic rings. The van der Waals surface area contributed by atoms with Crippen LogP contribution in [0.25, 0.3) is 27.7 Å². The van der Waals surface area contributed by atoms with E-state index in [-0.39, 0.29) is 5.91 Å². The number of furan rings is 1. The number of hydrogen-bond acceptors (Lipinski definition) is 3. The lowest BCUT2D eigenvalue weighted by atomic mass is 9.96. The van der Waals surface area contributed by atoms with Crippen LogP contribution in [-0.4, -0.2) is 19.1 Å². The van der Waals surface area contributed by atoms with Crippen molar-refractivity contribution in [2.24, 2.45) is 5.92 Å². The summed E-state index contributed by atoms with van der Waals surface area (Å²) in [7, 11) is 0. The smallest absolute Gasteiger partial charge is 0.244 e. The first-order valence-corrected chi connectivity index (χ1v) is 11.5. The van der Waals surface area contributed by atoms with Crippen molar-refractivity contribution in [1.82, 2.24) is 5.32 Å². The molecule has 1 N–H and O–H groups in total. The van der Waals surface area contributed by atoms with Gasteiger partial charge in [-0.3, -0.25) is 4.79 Å². The molecule has 1 amide bonds. The Morgan fingerprint density at radius 2 is 2.06 bits per heavy atom. The second kappa shape index (κ2) is 10.2. The minimum atomic E-state index is -0.0854. The highest BCUT2D eigenvalue weighted by Gasteiger charge is 2.19. The number of amides is 1. The molecule has 0 aliphatic carbocycles. The maximum atomic E-state index is 12.4. The van der Waals surface area contributed by atoms with E-state index in [0.29, 0.717) is 19.1 Å². The second-order valence-corrected chi connectivity index (χ2v) is 9.06. The molecule has 0 bridgehead atoms. The zero-order valence-electron chi connectivity index (χ0n) is 18.8. The molecule has 5 heteroatoms. The molecular weight excluding hydrogens is 454 g/mol. The Kier molecular flexibility index (Phi) is 7.60. The lowest BCUT2D eigenvalue weighted by Gasteiger charge is -2.15. The van der Waals surface area contributed by atoms with Gasteiger partial charge in [-0.25, -0.2) is 0 Å². The number of aryl methyl sites for hydroxylation is 1. The van der Waals surface area contributed by atoms with Gasteiger partial charge < -0.3 is 14.5 Å².